The Bertz CT molecular complexity index is 1160. The van der Waals surface area contributed by atoms with E-state index in [9.17, 15) is 19.5 Å². The number of aliphatic hydroxyl groups is 1. The third kappa shape index (κ3) is 13.0. The maximum absolute atomic E-state index is 13.1. The van der Waals surface area contributed by atoms with Gasteiger partial charge in [0.1, 0.15) is 6.04 Å². The Labute approximate surface area is 313 Å². The van der Waals surface area contributed by atoms with Gasteiger partial charge in [-0.05, 0) is 76.7 Å². The normalized spacial score (nSPS) is 29.2. The number of methoxy groups -OCH3 is 2. The molecule has 3 rings (SSSR count). The second-order valence-corrected chi connectivity index (χ2v) is 16.2. The smallest absolute Gasteiger partial charge is 0.328 e. The van der Waals surface area contributed by atoms with Crippen molar-refractivity contribution in [1.29, 1.82) is 0 Å². The highest BCUT2D eigenvalue weighted by molar-refractivity contribution is 14.1. The summed E-state index contributed by atoms with van der Waals surface area (Å²) < 4.78 is 25.2. The number of amides is 3. The van der Waals surface area contributed by atoms with Crippen molar-refractivity contribution in [3.63, 3.8) is 0 Å². The fourth-order valence-corrected chi connectivity index (χ4v) is 7.97. The number of nitrogens with one attached hydrogen (secondary N) is 2. The molecule has 3 saturated heterocycles. The molecule has 0 saturated carbocycles. The molecule has 3 heterocycles. The van der Waals surface area contributed by atoms with Crippen molar-refractivity contribution in [3.8, 4) is 0 Å². The van der Waals surface area contributed by atoms with Gasteiger partial charge >= 0.3 is 12.0 Å². The van der Waals surface area contributed by atoms with Crippen molar-refractivity contribution >= 4 is 40.8 Å². The molecule has 0 aliphatic carbocycles. The molecule has 3 amide bonds. The Morgan fingerprint density at radius 1 is 1.10 bits per heavy atom. The number of urea groups is 1. The summed E-state index contributed by atoms with van der Waals surface area (Å²) in [7, 11) is 2.96. The van der Waals surface area contributed by atoms with E-state index in [1.807, 2.05) is 4.90 Å². The summed E-state index contributed by atoms with van der Waals surface area (Å²) in [6, 6.07) is -0.802. The maximum Gasteiger partial charge on any atom is 0.328 e. The van der Waals surface area contributed by atoms with Crippen LogP contribution in [0.2, 0.25) is 0 Å². The number of epoxide rings is 1. The molecule has 50 heavy (non-hydrogen) atoms. The number of unbranched alkanes of at least 4 members (excludes halogenated alkanes) is 1. The molecule has 3 aliphatic heterocycles. The summed E-state index contributed by atoms with van der Waals surface area (Å²) in [4.78, 5) is 39.8. The fourth-order valence-electron chi connectivity index (χ4n) is 7.54. The summed E-state index contributed by atoms with van der Waals surface area (Å²) >= 11 is 2.27. The summed E-state index contributed by atoms with van der Waals surface area (Å²) in [6.07, 6.45) is 9.81. The lowest BCUT2D eigenvalue weighted by molar-refractivity contribution is -0.146. The lowest BCUT2D eigenvalue weighted by Gasteiger charge is -2.35. The van der Waals surface area contributed by atoms with Crippen molar-refractivity contribution in [3.05, 3.63) is 23.8 Å². The molecule has 0 spiro atoms. The van der Waals surface area contributed by atoms with Gasteiger partial charge in [0.15, 0.2) is 0 Å². The third-order valence-corrected chi connectivity index (χ3v) is 11.4. The standard InChI is InChI=1S/C37H63IN4O8/c1-24(23-37(6)34(50-37)27(4)33(47-7)28(5)43)12-11-13-25(2)32-26(3)15-16-29(49-32)22-31(44)40-30(35(45)48-8)14-9-10-17-39-36(46)41-18-20-42(38)21-19-41/h11-13,24,26-30,32-34,43H,9-10,14-23H2,1-8H3,(H,39,46)(H,40,44)/b12-11+,25-13+/t24-,26+,27-,28-,29-,30-,32-,33-,34-,37-/m1/s1. The molecule has 12 nitrogen and oxygen atoms in total. The van der Waals surface area contributed by atoms with Crippen LogP contribution in [0.3, 0.4) is 0 Å². The second kappa shape index (κ2) is 20.5. The predicted octanol–water partition coefficient (Wildman–Crippen LogP) is 4.78. The van der Waals surface area contributed by atoms with Crippen molar-refractivity contribution in [1.82, 2.24) is 18.6 Å². The number of hydrogen-bond donors (Lipinski definition) is 3. The zero-order chi connectivity index (χ0) is 37.0. The van der Waals surface area contributed by atoms with Gasteiger partial charge < -0.3 is 39.6 Å². The fraction of sp³-hybridized carbons (Fsp3) is 0.811. The van der Waals surface area contributed by atoms with Gasteiger partial charge in [-0.25, -0.2) is 12.7 Å². The topological polar surface area (TPSA) is 142 Å². The van der Waals surface area contributed by atoms with Gasteiger partial charge in [0, 0.05) is 68.6 Å². The van der Waals surface area contributed by atoms with Gasteiger partial charge in [0.05, 0.1) is 49.7 Å². The molecular formula is C37H63IN4O8. The highest BCUT2D eigenvalue weighted by Crippen LogP contribution is 2.47. The van der Waals surface area contributed by atoms with Crippen molar-refractivity contribution in [2.45, 2.75) is 129 Å². The van der Waals surface area contributed by atoms with Crippen LogP contribution in [0.5, 0.6) is 0 Å². The van der Waals surface area contributed by atoms with Crippen LogP contribution in [0.15, 0.2) is 23.8 Å². The molecule has 0 aromatic heterocycles. The minimum atomic E-state index is -0.742. The van der Waals surface area contributed by atoms with Crippen LogP contribution in [0.4, 0.5) is 4.79 Å². The van der Waals surface area contributed by atoms with E-state index in [-0.39, 0.29) is 54.3 Å². The molecule has 13 heteroatoms. The molecule has 0 aromatic carbocycles. The quantitative estimate of drug-likeness (QED) is 0.0445. The monoisotopic (exact) mass is 818 g/mol. The van der Waals surface area contributed by atoms with Gasteiger partial charge in [-0.15, -0.1) is 0 Å². The van der Waals surface area contributed by atoms with E-state index >= 15 is 0 Å². The molecule has 286 valence electrons. The van der Waals surface area contributed by atoms with Crippen molar-refractivity contribution in [2.75, 3.05) is 46.9 Å². The lowest BCUT2D eigenvalue weighted by atomic mass is 9.85. The van der Waals surface area contributed by atoms with Gasteiger partial charge in [-0.1, -0.05) is 39.0 Å². The Kier molecular flexibility index (Phi) is 17.4. The van der Waals surface area contributed by atoms with Crippen molar-refractivity contribution in [2.24, 2.45) is 17.8 Å². The van der Waals surface area contributed by atoms with Gasteiger partial charge in [0.25, 0.3) is 0 Å². The predicted molar refractivity (Wildman–Crippen MR) is 202 cm³/mol. The van der Waals surface area contributed by atoms with Crippen LogP contribution in [0.1, 0.15) is 86.5 Å². The van der Waals surface area contributed by atoms with Crippen LogP contribution in [0.25, 0.3) is 0 Å². The van der Waals surface area contributed by atoms with Gasteiger partial charge in [-0.2, -0.15) is 0 Å². The average Bonchev–Trinajstić information content (AvgIpc) is 3.74. The molecule has 3 fully saturated rings. The number of rotatable bonds is 18. The number of carbonyl (C=O) groups is 3. The van der Waals surface area contributed by atoms with E-state index in [4.69, 9.17) is 18.9 Å². The van der Waals surface area contributed by atoms with E-state index in [2.05, 4.69) is 89.5 Å². The second-order valence-electron chi connectivity index (χ2n) is 14.8. The number of ether oxygens (including phenoxy) is 4. The van der Waals surface area contributed by atoms with Crippen LogP contribution >= 0.6 is 22.9 Å². The number of aliphatic hydroxyl groups excluding tert-OH is 1. The molecular weight excluding hydrogens is 755 g/mol. The number of allylic oxidation sites excluding steroid dienone is 3. The summed E-state index contributed by atoms with van der Waals surface area (Å²) in [5.74, 6) is -0.00328. The molecule has 0 radical (unpaired) electrons. The maximum atomic E-state index is 13.1. The first-order valence-electron chi connectivity index (χ1n) is 18.4. The van der Waals surface area contributed by atoms with E-state index in [1.165, 1.54) is 7.11 Å². The SMILES string of the molecule is COC(=O)[C@@H](CCCCNC(=O)N1CCN(I)CC1)NC(=O)C[C@H]1CC[C@H](C)[C@@H](/C(C)=C/C=C/[C@@H](C)C[C@@]2(C)O[C@@H]2[C@H](C)[C@@H](OC)[C@@H](C)O)O1. The highest BCUT2D eigenvalue weighted by atomic mass is 127. The number of nitrogens with zero attached hydrogens (tertiary/aromatic N) is 2. The average molecular weight is 819 g/mol. The van der Waals surface area contributed by atoms with Crippen molar-refractivity contribution < 1.29 is 38.4 Å². The first-order chi connectivity index (χ1) is 23.7. The van der Waals surface area contributed by atoms with E-state index in [0.717, 1.165) is 37.9 Å². The molecule has 0 unspecified atom stereocenters. The lowest BCUT2D eigenvalue weighted by Crippen LogP contribution is -2.49. The minimum absolute atomic E-state index is 0.0510. The van der Waals surface area contributed by atoms with E-state index in [0.29, 0.717) is 50.7 Å². The van der Waals surface area contributed by atoms with E-state index in [1.54, 1.807) is 14.0 Å². The zero-order valence-electron chi connectivity index (χ0n) is 31.5. The molecule has 3 aliphatic rings. The number of piperazine rings is 1. The van der Waals surface area contributed by atoms with Crippen LogP contribution in [-0.2, 0) is 28.5 Å². The summed E-state index contributed by atoms with van der Waals surface area (Å²) in [6.45, 7) is 16.0. The molecule has 3 N–H and O–H groups in total. The Balaban J connectivity index is 1.43. The number of hydrogen-bond acceptors (Lipinski definition) is 9. The van der Waals surface area contributed by atoms with E-state index < -0.39 is 18.1 Å². The number of halogens is 1. The Morgan fingerprint density at radius 2 is 1.80 bits per heavy atom. The van der Waals surface area contributed by atoms with Gasteiger partial charge in [-0.3, -0.25) is 4.79 Å². The zero-order valence-corrected chi connectivity index (χ0v) is 33.6. The first-order valence-corrected chi connectivity index (χ1v) is 19.3. The Morgan fingerprint density at radius 3 is 2.44 bits per heavy atom. The van der Waals surface area contributed by atoms with Gasteiger partial charge in [0.2, 0.25) is 5.91 Å². The molecule has 0 aromatic rings. The third-order valence-electron chi connectivity index (χ3n) is 10.4. The number of carbonyl (C=O) groups excluding carboxylic acids is 3. The number of esters is 1. The van der Waals surface area contributed by atoms with Crippen LogP contribution in [0, 0.1) is 17.8 Å². The minimum Gasteiger partial charge on any atom is -0.467 e. The Hall–Kier alpha value is -1.78. The summed E-state index contributed by atoms with van der Waals surface area (Å²) in [5.41, 5.74) is 0.871. The molecule has 0 bridgehead atoms. The van der Waals surface area contributed by atoms with Crippen LogP contribution in [-0.4, -0.2) is 120 Å². The summed E-state index contributed by atoms with van der Waals surface area (Å²) in [5, 5.41) is 15.9. The largest absolute Gasteiger partial charge is 0.467 e. The first kappa shape index (κ1) is 42.6. The molecule has 10 atom stereocenters. The highest BCUT2D eigenvalue weighted by Gasteiger charge is 2.56. The van der Waals surface area contributed by atoms with Crippen LogP contribution < -0.4 is 10.6 Å².